The van der Waals surface area contributed by atoms with Crippen molar-refractivity contribution in [1.29, 1.82) is 0 Å². The average molecular weight is 459 g/mol. The number of hydrogen-bond donors (Lipinski definition) is 1. The van der Waals surface area contributed by atoms with Crippen LogP contribution >= 0.6 is 23.4 Å². The Labute approximate surface area is 181 Å². The number of nitrogens with zero attached hydrogens (tertiary/aromatic N) is 3. The van der Waals surface area contributed by atoms with Crippen molar-refractivity contribution in [1.82, 2.24) is 9.55 Å². The van der Waals surface area contributed by atoms with Crippen LogP contribution in [-0.2, 0) is 7.05 Å². The van der Waals surface area contributed by atoms with E-state index in [0.717, 1.165) is 11.8 Å². The number of halogens is 4. The van der Waals surface area contributed by atoms with Crippen LogP contribution in [0, 0.1) is 11.2 Å². The van der Waals surface area contributed by atoms with Crippen LogP contribution in [0.15, 0.2) is 32.8 Å². The van der Waals surface area contributed by atoms with Gasteiger partial charge in [-0.1, -0.05) is 23.4 Å². The summed E-state index contributed by atoms with van der Waals surface area (Å²) in [5, 5.41) is 0.181. The molecule has 1 saturated carbocycles. The maximum atomic E-state index is 13.7. The van der Waals surface area contributed by atoms with E-state index in [9.17, 15) is 18.0 Å². The van der Waals surface area contributed by atoms with Gasteiger partial charge in [0.15, 0.2) is 0 Å². The largest absolute Gasteiger partial charge is 0.382 e. The van der Waals surface area contributed by atoms with E-state index in [-0.39, 0.29) is 39.6 Å². The molecule has 10 heteroatoms. The van der Waals surface area contributed by atoms with Crippen LogP contribution in [-0.4, -0.2) is 28.6 Å². The highest BCUT2D eigenvalue weighted by Gasteiger charge is 2.50. The molecule has 1 aromatic heterocycles. The molecule has 0 bridgehead atoms. The van der Waals surface area contributed by atoms with Crippen molar-refractivity contribution in [3.05, 3.63) is 39.4 Å². The molecule has 2 aliphatic rings. The van der Waals surface area contributed by atoms with Crippen LogP contribution in [0.2, 0.25) is 5.02 Å². The standard InChI is InChI=1S/C20H22ClF3N4OS/c1-27-17(29)15(30-14-3-2-12(22)10-13(14)21)16(25)26-18(27)28-8-6-19(7-9-28)4-5-20(23,24)11-19/h2-3,10H,4-9,11,25H2,1H3. The second-order valence-electron chi connectivity index (χ2n) is 8.19. The third-order valence-electron chi connectivity index (χ3n) is 6.12. The molecule has 1 aromatic carbocycles. The second kappa shape index (κ2) is 7.67. The Balaban J connectivity index is 1.56. The van der Waals surface area contributed by atoms with Gasteiger partial charge in [0, 0.05) is 37.9 Å². The van der Waals surface area contributed by atoms with Gasteiger partial charge in [-0.2, -0.15) is 4.98 Å². The highest BCUT2D eigenvalue weighted by atomic mass is 35.5. The maximum Gasteiger partial charge on any atom is 0.270 e. The second-order valence-corrected chi connectivity index (χ2v) is 9.65. The van der Waals surface area contributed by atoms with Gasteiger partial charge in [-0.15, -0.1) is 0 Å². The predicted octanol–water partition coefficient (Wildman–Crippen LogP) is 4.71. The minimum Gasteiger partial charge on any atom is -0.382 e. The van der Waals surface area contributed by atoms with E-state index in [1.165, 1.54) is 22.8 Å². The van der Waals surface area contributed by atoms with Crippen LogP contribution in [0.25, 0.3) is 0 Å². The molecule has 2 heterocycles. The maximum absolute atomic E-state index is 13.7. The number of piperidine rings is 1. The SMILES string of the molecule is Cn1c(N2CCC3(CC2)CCC(F)(F)C3)nc(N)c(Sc2ccc(F)cc2Cl)c1=O. The highest BCUT2D eigenvalue weighted by Crippen LogP contribution is 2.53. The van der Waals surface area contributed by atoms with Crippen molar-refractivity contribution in [2.45, 2.75) is 47.8 Å². The summed E-state index contributed by atoms with van der Waals surface area (Å²) in [6.07, 6.45) is 1.71. The first-order chi connectivity index (χ1) is 14.1. The number of hydrogen-bond acceptors (Lipinski definition) is 5. The van der Waals surface area contributed by atoms with Gasteiger partial charge >= 0.3 is 0 Å². The summed E-state index contributed by atoms with van der Waals surface area (Å²) in [7, 11) is 1.61. The number of nitrogens with two attached hydrogens (primary N) is 1. The Hall–Kier alpha value is -1.87. The third kappa shape index (κ3) is 4.01. The Morgan fingerprint density at radius 2 is 1.90 bits per heavy atom. The van der Waals surface area contributed by atoms with Crippen LogP contribution < -0.4 is 16.2 Å². The van der Waals surface area contributed by atoms with Crippen molar-refractivity contribution < 1.29 is 13.2 Å². The van der Waals surface area contributed by atoms with Crippen molar-refractivity contribution >= 4 is 35.1 Å². The molecular weight excluding hydrogens is 437 g/mol. The predicted molar refractivity (Wildman–Crippen MR) is 112 cm³/mol. The number of rotatable bonds is 3. The molecule has 0 amide bonds. The summed E-state index contributed by atoms with van der Waals surface area (Å²) in [4.78, 5) is 20.0. The van der Waals surface area contributed by atoms with E-state index in [4.69, 9.17) is 17.3 Å². The molecule has 1 spiro atoms. The molecular formula is C20H22ClF3N4OS. The first kappa shape index (κ1) is 21.4. The van der Waals surface area contributed by atoms with Crippen molar-refractivity contribution in [3.63, 3.8) is 0 Å². The van der Waals surface area contributed by atoms with Crippen LogP contribution in [0.1, 0.15) is 32.1 Å². The molecule has 0 atom stereocenters. The lowest BCUT2D eigenvalue weighted by molar-refractivity contribution is -0.00685. The quantitative estimate of drug-likeness (QED) is 0.721. The minimum absolute atomic E-state index is 0.0471. The number of alkyl halides is 2. The van der Waals surface area contributed by atoms with Crippen molar-refractivity contribution in [3.8, 4) is 0 Å². The van der Waals surface area contributed by atoms with E-state index >= 15 is 0 Å². The zero-order valence-corrected chi connectivity index (χ0v) is 18.0. The van der Waals surface area contributed by atoms with E-state index in [2.05, 4.69) is 4.98 Å². The summed E-state index contributed by atoms with van der Waals surface area (Å²) in [5.74, 6) is -2.56. The molecule has 2 fully saturated rings. The summed E-state index contributed by atoms with van der Waals surface area (Å²) in [6.45, 7) is 1.10. The fraction of sp³-hybridized carbons (Fsp3) is 0.500. The molecule has 0 radical (unpaired) electrons. The molecule has 5 nitrogen and oxygen atoms in total. The smallest absolute Gasteiger partial charge is 0.270 e. The van der Waals surface area contributed by atoms with Gasteiger partial charge < -0.3 is 10.6 Å². The average Bonchev–Trinajstić information content (AvgIpc) is 2.98. The number of nitrogen functional groups attached to an aromatic ring is 1. The topological polar surface area (TPSA) is 64.2 Å². The van der Waals surface area contributed by atoms with Gasteiger partial charge in [0.25, 0.3) is 5.56 Å². The Morgan fingerprint density at radius 3 is 2.50 bits per heavy atom. The van der Waals surface area contributed by atoms with Crippen LogP contribution in [0.5, 0.6) is 0 Å². The monoisotopic (exact) mass is 458 g/mol. The number of anilines is 2. The summed E-state index contributed by atoms with van der Waals surface area (Å²) in [5.41, 5.74) is 5.43. The van der Waals surface area contributed by atoms with Gasteiger partial charge in [-0.25, -0.2) is 13.2 Å². The summed E-state index contributed by atoms with van der Waals surface area (Å²) in [6, 6.07) is 3.91. The molecule has 4 rings (SSSR count). The van der Waals surface area contributed by atoms with Gasteiger partial charge in [0.1, 0.15) is 16.5 Å². The van der Waals surface area contributed by atoms with E-state index in [1.807, 2.05) is 4.90 Å². The van der Waals surface area contributed by atoms with Gasteiger partial charge in [0.2, 0.25) is 11.9 Å². The summed E-state index contributed by atoms with van der Waals surface area (Å²) < 4.78 is 42.1. The Bertz CT molecular complexity index is 1040. The molecule has 1 aliphatic carbocycles. The molecule has 0 unspecified atom stereocenters. The van der Waals surface area contributed by atoms with Gasteiger partial charge in [0.05, 0.1) is 5.02 Å². The first-order valence-electron chi connectivity index (χ1n) is 9.71. The van der Waals surface area contributed by atoms with Crippen LogP contribution in [0.4, 0.5) is 24.9 Å². The molecule has 2 aromatic rings. The zero-order chi connectivity index (χ0) is 21.7. The third-order valence-corrected chi connectivity index (χ3v) is 7.71. The first-order valence-corrected chi connectivity index (χ1v) is 10.9. The lowest BCUT2D eigenvalue weighted by Crippen LogP contribution is -2.42. The number of benzene rings is 1. The summed E-state index contributed by atoms with van der Waals surface area (Å²) >= 11 is 7.10. The van der Waals surface area contributed by atoms with E-state index in [0.29, 0.717) is 43.2 Å². The van der Waals surface area contributed by atoms with Crippen molar-refractivity contribution in [2.75, 3.05) is 23.7 Å². The number of aromatic nitrogens is 2. The normalized spacial score (nSPS) is 20.1. The molecule has 1 aliphatic heterocycles. The van der Waals surface area contributed by atoms with Gasteiger partial charge in [-0.3, -0.25) is 9.36 Å². The molecule has 1 saturated heterocycles. The van der Waals surface area contributed by atoms with Gasteiger partial charge in [-0.05, 0) is 42.9 Å². The molecule has 2 N–H and O–H groups in total. The van der Waals surface area contributed by atoms with E-state index in [1.54, 1.807) is 7.05 Å². The molecule has 162 valence electrons. The van der Waals surface area contributed by atoms with Crippen LogP contribution in [0.3, 0.4) is 0 Å². The molecule has 30 heavy (non-hydrogen) atoms. The minimum atomic E-state index is -2.57. The van der Waals surface area contributed by atoms with Crippen molar-refractivity contribution in [2.24, 2.45) is 12.5 Å². The Morgan fingerprint density at radius 1 is 1.20 bits per heavy atom. The zero-order valence-electron chi connectivity index (χ0n) is 16.4. The fourth-order valence-corrected chi connectivity index (χ4v) is 5.58. The Kier molecular flexibility index (Phi) is 5.47. The fourth-order valence-electron chi connectivity index (χ4n) is 4.41. The highest BCUT2D eigenvalue weighted by molar-refractivity contribution is 7.99. The lowest BCUT2D eigenvalue weighted by atomic mass is 9.77. The lowest BCUT2D eigenvalue weighted by Gasteiger charge is -2.40. The van der Waals surface area contributed by atoms with E-state index < -0.39 is 11.7 Å².